The van der Waals surface area contributed by atoms with Crippen molar-refractivity contribution in [3.05, 3.63) is 47.5 Å². The Kier molecular flexibility index (Phi) is 3.17. The van der Waals surface area contributed by atoms with Crippen LogP contribution >= 0.6 is 0 Å². The molecular formula is C16H14O5. The van der Waals surface area contributed by atoms with Gasteiger partial charge in [-0.3, -0.25) is 4.79 Å². The molecule has 2 aromatic carbocycles. The zero-order valence-corrected chi connectivity index (χ0v) is 11.4. The predicted octanol–water partition coefficient (Wildman–Crippen LogP) is 2.81. The van der Waals surface area contributed by atoms with Crippen LogP contribution in [0.2, 0.25) is 0 Å². The molecule has 0 saturated heterocycles. The highest BCUT2D eigenvalue weighted by Gasteiger charge is 2.31. The van der Waals surface area contributed by atoms with Crippen molar-refractivity contribution in [1.29, 1.82) is 0 Å². The van der Waals surface area contributed by atoms with Crippen molar-refractivity contribution >= 4 is 5.78 Å². The number of phenols is 2. The van der Waals surface area contributed by atoms with Crippen molar-refractivity contribution in [2.75, 3.05) is 7.11 Å². The molecule has 1 aliphatic heterocycles. The van der Waals surface area contributed by atoms with E-state index in [2.05, 4.69) is 0 Å². The van der Waals surface area contributed by atoms with Crippen molar-refractivity contribution < 1.29 is 24.5 Å². The van der Waals surface area contributed by atoms with E-state index in [0.29, 0.717) is 0 Å². The minimum absolute atomic E-state index is 0.0414. The first-order valence-corrected chi connectivity index (χ1v) is 6.49. The summed E-state index contributed by atoms with van der Waals surface area (Å²) in [5.41, 5.74) is 0.891. The molecule has 5 nitrogen and oxygen atoms in total. The number of carbonyl (C=O) groups is 1. The highest BCUT2D eigenvalue weighted by molar-refractivity contribution is 6.03. The van der Waals surface area contributed by atoms with Gasteiger partial charge >= 0.3 is 0 Å². The molecule has 2 aromatic rings. The van der Waals surface area contributed by atoms with Gasteiger partial charge in [0.1, 0.15) is 23.2 Å². The third-order valence-electron chi connectivity index (χ3n) is 3.52. The molecule has 0 fully saturated rings. The normalized spacial score (nSPS) is 17.0. The SMILES string of the molecule is COc1ccc([C@H]2CC(=O)c3c(ccc(O)c3O)O2)cc1. The lowest BCUT2D eigenvalue weighted by Gasteiger charge is -2.26. The lowest BCUT2D eigenvalue weighted by atomic mass is 9.95. The molecule has 0 bridgehead atoms. The lowest BCUT2D eigenvalue weighted by molar-refractivity contribution is 0.0844. The number of phenolic OH excluding ortho intramolecular Hbond substituents is 2. The number of hydrogen-bond donors (Lipinski definition) is 2. The smallest absolute Gasteiger partial charge is 0.174 e. The van der Waals surface area contributed by atoms with E-state index in [0.717, 1.165) is 11.3 Å². The van der Waals surface area contributed by atoms with E-state index in [-0.39, 0.29) is 29.3 Å². The number of methoxy groups -OCH3 is 1. The number of ketones is 1. The van der Waals surface area contributed by atoms with Crippen LogP contribution in [0.3, 0.4) is 0 Å². The summed E-state index contributed by atoms with van der Waals surface area (Å²) in [6.07, 6.45) is -0.309. The van der Waals surface area contributed by atoms with Gasteiger partial charge in [0.05, 0.1) is 13.5 Å². The molecule has 0 aliphatic carbocycles. The number of carbonyl (C=O) groups excluding carboxylic acids is 1. The second-order valence-electron chi connectivity index (χ2n) is 4.81. The average Bonchev–Trinajstić information content (AvgIpc) is 2.50. The second kappa shape index (κ2) is 5.01. The van der Waals surface area contributed by atoms with E-state index < -0.39 is 11.9 Å². The van der Waals surface area contributed by atoms with Crippen LogP contribution in [0.15, 0.2) is 36.4 Å². The van der Waals surface area contributed by atoms with Crippen molar-refractivity contribution in [1.82, 2.24) is 0 Å². The first-order chi connectivity index (χ1) is 10.1. The Labute approximate surface area is 121 Å². The zero-order valence-electron chi connectivity index (χ0n) is 11.4. The van der Waals surface area contributed by atoms with Crippen molar-refractivity contribution in [2.24, 2.45) is 0 Å². The standard InChI is InChI=1S/C16H14O5/c1-20-10-4-2-9(3-5-10)14-8-12(18)15-13(21-14)7-6-11(17)16(15)19/h2-7,14,17,19H,8H2,1H3/t14-/m1/s1. The van der Waals surface area contributed by atoms with E-state index in [1.54, 1.807) is 19.2 Å². The molecule has 21 heavy (non-hydrogen) atoms. The van der Waals surface area contributed by atoms with E-state index >= 15 is 0 Å². The Bertz CT molecular complexity index is 691. The van der Waals surface area contributed by atoms with Crippen LogP contribution in [0, 0.1) is 0 Å². The summed E-state index contributed by atoms with van der Waals surface area (Å²) < 4.78 is 10.9. The summed E-state index contributed by atoms with van der Waals surface area (Å²) >= 11 is 0. The predicted molar refractivity (Wildman–Crippen MR) is 75.1 cm³/mol. The summed E-state index contributed by atoms with van der Waals surface area (Å²) in [5, 5.41) is 19.2. The van der Waals surface area contributed by atoms with Crippen LogP contribution in [0.5, 0.6) is 23.0 Å². The second-order valence-corrected chi connectivity index (χ2v) is 4.81. The number of ether oxygens (including phenoxy) is 2. The number of hydrogen-bond acceptors (Lipinski definition) is 5. The number of aromatic hydroxyl groups is 2. The van der Waals surface area contributed by atoms with Gasteiger partial charge in [0, 0.05) is 0 Å². The molecule has 0 amide bonds. The molecule has 5 heteroatoms. The molecule has 1 aliphatic rings. The molecule has 1 atom stereocenters. The first-order valence-electron chi connectivity index (χ1n) is 6.49. The van der Waals surface area contributed by atoms with Gasteiger partial charge in [0.25, 0.3) is 0 Å². The Balaban J connectivity index is 1.94. The molecule has 0 saturated carbocycles. The van der Waals surface area contributed by atoms with Crippen molar-refractivity contribution in [3.8, 4) is 23.0 Å². The molecule has 108 valence electrons. The summed E-state index contributed by atoms with van der Waals surface area (Å²) in [4.78, 5) is 12.2. The molecule has 0 aromatic heterocycles. The number of rotatable bonds is 2. The minimum Gasteiger partial charge on any atom is -0.504 e. The third-order valence-corrected chi connectivity index (χ3v) is 3.52. The molecule has 0 unspecified atom stereocenters. The molecular weight excluding hydrogens is 272 g/mol. The molecule has 3 rings (SSSR count). The van der Waals surface area contributed by atoms with Crippen LogP contribution in [0.4, 0.5) is 0 Å². The topological polar surface area (TPSA) is 76.0 Å². The Hall–Kier alpha value is -2.69. The van der Waals surface area contributed by atoms with Gasteiger partial charge in [-0.2, -0.15) is 0 Å². The lowest BCUT2D eigenvalue weighted by Crippen LogP contribution is -2.20. The van der Waals surface area contributed by atoms with Gasteiger partial charge in [-0.25, -0.2) is 0 Å². The van der Waals surface area contributed by atoms with Gasteiger partial charge < -0.3 is 19.7 Å². The highest BCUT2D eigenvalue weighted by Crippen LogP contribution is 2.42. The van der Waals surface area contributed by atoms with Gasteiger partial charge in [0.15, 0.2) is 17.3 Å². The number of fused-ring (bicyclic) bond motifs is 1. The minimum atomic E-state index is -0.425. The van der Waals surface area contributed by atoms with E-state index in [4.69, 9.17) is 9.47 Å². The number of Topliss-reactive ketones (excluding diaryl/α,β-unsaturated/α-hetero) is 1. The summed E-state index contributed by atoms with van der Waals surface area (Å²) in [7, 11) is 1.58. The summed E-state index contributed by atoms with van der Waals surface area (Å²) in [5.74, 6) is -0.00373. The fourth-order valence-electron chi connectivity index (χ4n) is 2.40. The van der Waals surface area contributed by atoms with Gasteiger partial charge in [-0.1, -0.05) is 12.1 Å². The zero-order chi connectivity index (χ0) is 15.0. The summed E-state index contributed by atoms with van der Waals surface area (Å²) in [6, 6.07) is 10.1. The van der Waals surface area contributed by atoms with Gasteiger partial charge in [0.2, 0.25) is 0 Å². The van der Waals surface area contributed by atoms with Crippen LogP contribution in [-0.2, 0) is 0 Å². The van der Waals surface area contributed by atoms with Gasteiger partial charge in [-0.05, 0) is 29.8 Å². The average molecular weight is 286 g/mol. The van der Waals surface area contributed by atoms with Crippen LogP contribution in [0.25, 0.3) is 0 Å². The van der Waals surface area contributed by atoms with Gasteiger partial charge in [-0.15, -0.1) is 0 Å². The molecule has 1 heterocycles. The van der Waals surface area contributed by atoms with Crippen LogP contribution < -0.4 is 9.47 Å². The maximum atomic E-state index is 12.2. The Morgan fingerprint density at radius 2 is 1.86 bits per heavy atom. The maximum absolute atomic E-state index is 12.2. The quantitative estimate of drug-likeness (QED) is 0.830. The van der Waals surface area contributed by atoms with Crippen molar-refractivity contribution in [2.45, 2.75) is 12.5 Å². The highest BCUT2D eigenvalue weighted by atomic mass is 16.5. The first kappa shape index (κ1) is 13.3. The van der Waals surface area contributed by atoms with E-state index in [1.807, 2.05) is 12.1 Å². The third kappa shape index (κ3) is 2.27. The van der Waals surface area contributed by atoms with E-state index in [1.165, 1.54) is 12.1 Å². The van der Waals surface area contributed by atoms with Crippen molar-refractivity contribution in [3.63, 3.8) is 0 Å². The van der Waals surface area contributed by atoms with E-state index in [9.17, 15) is 15.0 Å². The molecule has 2 N–H and O–H groups in total. The fraction of sp³-hybridized carbons (Fsp3) is 0.188. The molecule has 0 radical (unpaired) electrons. The van der Waals surface area contributed by atoms with Crippen LogP contribution in [-0.4, -0.2) is 23.1 Å². The fourth-order valence-corrected chi connectivity index (χ4v) is 2.40. The maximum Gasteiger partial charge on any atom is 0.174 e. The molecule has 0 spiro atoms. The monoisotopic (exact) mass is 286 g/mol. The Morgan fingerprint density at radius 3 is 2.52 bits per heavy atom. The number of benzene rings is 2. The van der Waals surface area contributed by atoms with Crippen LogP contribution in [0.1, 0.15) is 28.4 Å². The largest absolute Gasteiger partial charge is 0.504 e. The summed E-state index contributed by atoms with van der Waals surface area (Å²) in [6.45, 7) is 0. The Morgan fingerprint density at radius 1 is 1.14 bits per heavy atom.